The highest BCUT2D eigenvalue weighted by Gasteiger charge is 2.35. The van der Waals surface area contributed by atoms with Crippen LogP contribution in [0.15, 0.2) is 60.7 Å². The molecular weight excluding hydrogens is 482 g/mol. The fourth-order valence-corrected chi connectivity index (χ4v) is 6.32. The Bertz CT molecular complexity index is 1430. The standard InChI is InChI=1S/C29H31N5O2S/c1-19-31-24-17-25(37-26(24)27(32-19)29(30,18-35)22-5-3-2-4-6-22)20-9-11-23(12-10-20)33-13-15-34(16-14-33)28(36)21-7-8-21/h2-6,9-12,17,21,35H,7-8,13-16,18,30H2,1H3/t29-/m0/s1. The first-order chi connectivity index (χ1) is 18.0. The van der Waals surface area contributed by atoms with Crippen LogP contribution in [0.3, 0.4) is 0 Å². The van der Waals surface area contributed by atoms with E-state index in [1.54, 1.807) is 11.3 Å². The minimum absolute atomic E-state index is 0.260. The number of nitrogens with two attached hydrogens (primary N) is 1. The lowest BCUT2D eigenvalue weighted by molar-refractivity contribution is -0.132. The van der Waals surface area contributed by atoms with Crippen LogP contribution in [0.5, 0.6) is 0 Å². The fourth-order valence-electron chi connectivity index (χ4n) is 5.14. The van der Waals surface area contributed by atoms with Crippen molar-refractivity contribution in [1.29, 1.82) is 0 Å². The average molecular weight is 514 g/mol. The van der Waals surface area contributed by atoms with Crippen molar-refractivity contribution in [3.63, 3.8) is 0 Å². The Morgan fingerprint density at radius 1 is 1.05 bits per heavy atom. The molecule has 2 aromatic heterocycles. The number of carbonyl (C=O) groups excluding carboxylic acids is 1. The molecule has 37 heavy (non-hydrogen) atoms. The maximum absolute atomic E-state index is 12.4. The van der Waals surface area contributed by atoms with E-state index in [0.29, 0.717) is 17.4 Å². The van der Waals surface area contributed by atoms with Gasteiger partial charge in [0, 0.05) is 42.7 Å². The van der Waals surface area contributed by atoms with Crippen molar-refractivity contribution in [3.05, 3.63) is 77.7 Å². The molecule has 6 rings (SSSR count). The summed E-state index contributed by atoms with van der Waals surface area (Å²) in [4.78, 5) is 27.2. The average Bonchev–Trinajstić information content (AvgIpc) is 3.71. The van der Waals surface area contributed by atoms with Crippen molar-refractivity contribution in [2.45, 2.75) is 25.3 Å². The molecule has 7 nitrogen and oxygen atoms in total. The van der Waals surface area contributed by atoms with Gasteiger partial charge in [-0.1, -0.05) is 42.5 Å². The number of nitrogens with zero attached hydrogens (tertiary/aromatic N) is 4. The minimum Gasteiger partial charge on any atom is -0.394 e. The smallest absolute Gasteiger partial charge is 0.225 e. The van der Waals surface area contributed by atoms with Crippen molar-refractivity contribution in [3.8, 4) is 10.4 Å². The van der Waals surface area contributed by atoms with Crippen LogP contribution >= 0.6 is 11.3 Å². The van der Waals surface area contributed by atoms with Gasteiger partial charge in [0.15, 0.2) is 0 Å². The number of aryl methyl sites for hydroxylation is 1. The molecule has 8 heteroatoms. The molecule has 3 heterocycles. The second-order valence-corrected chi connectivity index (χ2v) is 11.1. The predicted octanol–water partition coefficient (Wildman–Crippen LogP) is 3.92. The number of aliphatic hydroxyl groups is 1. The van der Waals surface area contributed by atoms with E-state index in [0.717, 1.165) is 65.2 Å². The van der Waals surface area contributed by atoms with E-state index in [-0.39, 0.29) is 12.5 Å². The molecule has 0 unspecified atom stereocenters. The highest BCUT2D eigenvalue weighted by molar-refractivity contribution is 7.22. The lowest BCUT2D eigenvalue weighted by atomic mass is 9.88. The van der Waals surface area contributed by atoms with Crippen LogP contribution in [0.25, 0.3) is 20.7 Å². The number of benzene rings is 2. The lowest BCUT2D eigenvalue weighted by Crippen LogP contribution is -2.49. The van der Waals surface area contributed by atoms with Crippen LogP contribution in [-0.4, -0.2) is 58.7 Å². The topological polar surface area (TPSA) is 95.6 Å². The number of rotatable bonds is 6. The number of carbonyl (C=O) groups is 1. The first kappa shape index (κ1) is 24.0. The van der Waals surface area contributed by atoms with Gasteiger partial charge in [0.2, 0.25) is 5.91 Å². The summed E-state index contributed by atoms with van der Waals surface area (Å²) >= 11 is 1.60. The SMILES string of the molecule is Cc1nc([C@](N)(CO)c2ccccc2)c2sc(-c3ccc(N4CCN(C(=O)C5CC5)CC4)cc3)cc2n1. The molecule has 0 spiro atoms. The molecule has 1 saturated carbocycles. The molecule has 2 fully saturated rings. The van der Waals surface area contributed by atoms with Gasteiger partial charge in [0.25, 0.3) is 0 Å². The van der Waals surface area contributed by atoms with Crippen LogP contribution in [-0.2, 0) is 10.3 Å². The van der Waals surface area contributed by atoms with E-state index in [1.165, 1.54) is 5.69 Å². The second kappa shape index (κ2) is 9.52. The first-order valence-corrected chi connectivity index (χ1v) is 13.7. The van der Waals surface area contributed by atoms with Gasteiger partial charge in [0.1, 0.15) is 11.4 Å². The number of piperazine rings is 1. The Morgan fingerprint density at radius 3 is 2.41 bits per heavy atom. The molecule has 190 valence electrons. The molecule has 0 radical (unpaired) electrons. The zero-order valence-corrected chi connectivity index (χ0v) is 21.7. The van der Waals surface area contributed by atoms with Crippen molar-refractivity contribution in [1.82, 2.24) is 14.9 Å². The minimum atomic E-state index is -1.12. The van der Waals surface area contributed by atoms with Crippen LogP contribution in [0.2, 0.25) is 0 Å². The van der Waals surface area contributed by atoms with Gasteiger partial charge < -0.3 is 20.6 Å². The van der Waals surface area contributed by atoms with Crippen molar-refractivity contribution in [2.24, 2.45) is 11.7 Å². The van der Waals surface area contributed by atoms with Gasteiger partial charge in [0.05, 0.1) is 22.5 Å². The quantitative estimate of drug-likeness (QED) is 0.406. The van der Waals surface area contributed by atoms with Crippen LogP contribution in [0, 0.1) is 12.8 Å². The first-order valence-electron chi connectivity index (χ1n) is 12.8. The molecule has 1 saturated heterocycles. The number of hydrogen-bond donors (Lipinski definition) is 2. The van der Waals surface area contributed by atoms with E-state index in [9.17, 15) is 9.90 Å². The van der Waals surface area contributed by atoms with E-state index in [1.807, 2.05) is 42.2 Å². The third kappa shape index (κ3) is 4.50. The summed E-state index contributed by atoms with van der Waals surface area (Å²) < 4.78 is 0.890. The van der Waals surface area contributed by atoms with Crippen molar-refractivity contribution >= 4 is 33.1 Å². The number of hydrogen-bond acceptors (Lipinski definition) is 7. The van der Waals surface area contributed by atoms with Gasteiger partial charge in [-0.3, -0.25) is 4.79 Å². The second-order valence-electron chi connectivity index (χ2n) is 10.1. The summed E-state index contributed by atoms with van der Waals surface area (Å²) in [6.07, 6.45) is 2.12. The molecule has 4 aromatic rings. The van der Waals surface area contributed by atoms with Crippen molar-refractivity contribution in [2.75, 3.05) is 37.7 Å². The van der Waals surface area contributed by atoms with Gasteiger partial charge in [-0.25, -0.2) is 9.97 Å². The Labute approximate surface area is 220 Å². The summed E-state index contributed by atoms with van der Waals surface area (Å²) in [7, 11) is 0. The van der Waals surface area contributed by atoms with Gasteiger partial charge in [-0.2, -0.15) is 0 Å². The van der Waals surface area contributed by atoms with E-state index in [2.05, 4.69) is 40.2 Å². The number of anilines is 1. The predicted molar refractivity (Wildman–Crippen MR) is 148 cm³/mol. The van der Waals surface area contributed by atoms with Crippen LogP contribution in [0.4, 0.5) is 5.69 Å². The Balaban J connectivity index is 1.27. The highest BCUT2D eigenvalue weighted by Crippen LogP contribution is 2.39. The van der Waals surface area contributed by atoms with Crippen molar-refractivity contribution < 1.29 is 9.90 Å². The molecule has 1 atom stereocenters. The summed E-state index contributed by atoms with van der Waals surface area (Å²) in [5, 5.41) is 10.4. The maximum atomic E-state index is 12.4. The number of aliphatic hydroxyl groups excluding tert-OH is 1. The molecule has 1 aliphatic heterocycles. The third-order valence-corrected chi connectivity index (χ3v) is 8.66. The largest absolute Gasteiger partial charge is 0.394 e. The Morgan fingerprint density at radius 2 is 1.76 bits per heavy atom. The summed E-state index contributed by atoms with van der Waals surface area (Å²) in [6.45, 7) is 4.90. The molecule has 3 N–H and O–H groups in total. The van der Waals surface area contributed by atoms with E-state index < -0.39 is 5.54 Å². The molecule has 2 aliphatic rings. The molecule has 1 aliphatic carbocycles. The summed E-state index contributed by atoms with van der Waals surface area (Å²) in [5.41, 5.74) is 10.3. The zero-order valence-electron chi connectivity index (χ0n) is 20.9. The van der Waals surface area contributed by atoms with Crippen LogP contribution in [0.1, 0.15) is 29.9 Å². The fraction of sp³-hybridized carbons (Fsp3) is 0.345. The number of aromatic nitrogens is 2. The highest BCUT2D eigenvalue weighted by atomic mass is 32.1. The monoisotopic (exact) mass is 513 g/mol. The van der Waals surface area contributed by atoms with Gasteiger partial charge in [-0.05, 0) is 49.1 Å². The number of fused-ring (bicyclic) bond motifs is 1. The van der Waals surface area contributed by atoms with Gasteiger partial charge in [-0.15, -0.1) is 11.3 Å². The Kier molecular flexibility index (Phi) is 6.18. The maximum Gasteiger partial charge on any atom is 0.225 e. The number of thiophene rings is 1. The lowest BCUT2D eigenvalue weighted by Gasteiger charge is -2.36. The zero-order chi connectivity index (χ0) is 25.6. The Hall–Kier alpha value is -3.33. The molecule has 2 aromatic carbocycles. The molecular formula is C29H31N5O2S. The van der Waals surface area contributed by atoms with E-state index >= 15 is 0 Å². The summed E-state index contributed by atoms with van der Waals surface area (Å²) in [6, 6.07) is 20.3. The molecule has 0 bridgehead atoms. The summed E-state index contributed by atoms with van der Waals surface area (Å²) in [5.74, 6) is 1.25. The van der Waals surface area contributed by atoms with Crippen LogP contribution < -0.4 is 10.6 Å². The normalized spacial score (nSPS) is 17.7. The number of amides is 1. The third-order valence-electron chi connectivity index (χ3n) is 7.48. The van der Waals surface area contributed by atoms with E-state index in [4.69, 9.17) is 10.7 Å². The molecule has 1 amide bonds. The van der Waals surface area contributed by atoms with Gasteiger partial charge >= 0.3 is 0 Å².